The first-order valence-electron chi connectivity index (χ1n) is 6.09. The fraction of sp³-hybridized carbons (Fsp3) is 0.643. The van der Waals surface area contributed by atoms with Crippen molar-refractivity contribution in [3.63, 3.8) is 0 Å². The fourth-order valence-electron chi connectivity index (χ4n) is 1.66. The second-order valence-corrected chi connectivity index (χ2v) is 4.04. The molecular formula is C14H24O2. The second-order valence-electron chi connectivity index (χ2n) is 4.04. The lowest BCUT2D eigenvalue weighted by atomic mass is 10.1. The lowest BCUT2D eigenvalue weighted by Gasteiger charge is -2.14. The zero-order valence-electron chi connectivity index (χ0n) is 10.4. The molecule has 0 spiro atoms. The Kier molecular flexibility index (Phi) is 9.78. The first-order valence-corrected chi connectivity index (χ1v) is 6.09. The number of esters is 1. The third-order valence-electron chi connectivity index (χ3n) is 2.45. The van der Waals surface area contributed by atoms with E-state index in [9.17, 15) is 4.79 Å². The van der Waals surface area contributed by atoms with Crippen LogP contribution in [0.15, 0.2) is 25.3 Å². The van der Waals surface area contributed by atoms with Crippen LogP contribution < -0.4 is 0 Å². The number of rotatable bonds is 10. The standard InChI is InChI=1S/C14H24O2/c1-4-6-7-8-9-10-12-14(11-5-2)16-13(3)15/h4-5,14H,1-2,6-12H2,3H3. The molecule has 0 aromatic rings. The Hall–Kier alpha value is -1.05. The average molecular weight is 224 g/mol. The van der Waals surface area contributed by atoms with Crippen molar-refractivity contribution in [1.29, 1.82) is 0 Å². The van der Waals surface area contributed by atoms with E-state index in [1.165, 1.54) is 26.2 Å². The minimum Gasteiger partial charge on any atom is -0.462 e. The van der Waals surface area contributed by atoms with E-state index in [2.05, 4.69) is 13.2 Å². The topological polar surface area (TPSA) is 26.3 Å². The highest BCUT2D eigenvalue weighted by atomic mass is 16.5. The van der Waals surface area contributed by atoms with Gasteiger partial charge in [-0.1, -0.05) is 25.0 Å². The largest absolute Gasteiger partial charge is 0.462 e. The van der Waals surface area contributed by atoms with Crippen LogP contribution in [0.4, 0.5) is 0 Å². The van der Waals surface area contributed by atoms with Gasteiger partial charge in [0, 0.05) is 13.3 Å². The summed E-state index contributed by atoms with van der Waals surface area (Å²) in [6, 6.07) is 0. The lowest BCUT2D eigenvalue weighted by molar-refractivity contribution is -0.146. The molecule has 2 heteroatoms. The molecular weight excluding hydrogens is 200 g/mol. The van der Waals surface area contributed by atoms with Gasteiger partial charge in [-0.25, -0.2) is 0 Å². The molecule has 0 N–H and O–H groups in total. The zero-order valence-corrected chi connectivity index (χ0v) is 10.4. The van der Waals surface area contributed by atoms with Crippen LogP contribution in [0.5, 0.6) is 0 Å². The van der Waals surface area contributed by atoms with Gasteiger partial charge in [-0.05, 0) is 25.7 Å². The summed E-state index contributed by atoms with van der Waals surface area (Å²) in [5.74, 6) is -0.196. The van der Waals surface area contributed by atoms with E-state index in [0.29, 0.717) is 0 Å². The van der Waals surface area contributed by atoms with Crippen LogP contribution in [0.2, 0.25) is 0 Å². The van der Waals surface area contributed by atoms with Crippen molar-refractivity contribution >= 4 is 5.97 Å². The Morgan fingerprint density at radius 3 is 2.44 bits per heavy atom. The Morgan fingerprint density at radius 1 is 1.19 bits per heavy atom. The molecule has 0 aromatic carbocycles. The van der Waals surface area contributed by atoms with Gasteiger partial charge in [0.05, 0.1) is 0 Å². The number of carbonyl (C=O) groups is 1. The molecule has 1 atom stereocenters. The number of ether oxygens (including phenoxy) is 1. The van der Waals surface area contributed by atoms with Gasteiger partial charge in [-0.3, -0.25) is 4.79 Å². The van der Waals surface area contributed by atoms with Crippen LogP contribution in [-0.2, 0) is 9.53 Å². The Morgan fingerprint density at radius 2 is 1.88 bits per heavy atom. The van der Waals surface area contributed by atoms with E-state index < -0.39 is 0 Å². The molecule has 0 amide bonds. The second kappa shape index (κ2) is 10.5. The van der Waals surface area contributed by atoms with Crippen LogP contribution in [0.25, 0.3) is 0 Å². The maximum absolute atomic E-state index is 10.8. The molecule has 0 aromatic heterocycles. The van der Waals surface area contributed by atoms with Gasteiger partial charge in [0.15, 0.2) is 0 Å². The van der Waals surface area contributed by atoms with E-state index in [0.717, 1.165) is 25.7 Å². The van der Waals surface area contributed by atoms with Crippen molar-refractivity contribution in [2.45, 2.75) is 58.0 Å². The molecule has 0 aliphatic rings. The van der Waals surface area contributed by atoms with E-state index >= 15 is 0 Å². The van der Waals surface area contributed by atoms with Crippen LogP contribution >= 0.6 is 0 Å². The molecule has 0 fully saturated rings. The molecule has 0 saturated heterocycles. The number of allylic oxidation sites excluding steroid dienone is 1. The molecule has 0 aliphatic heterocycles. The van der Waals surface area contributed by atoms with Gasteiger partial charge in [0.1, 0.15) is 6.10 Å². The normalized spacial score (nSPS) is 11.8. The number of carbonyl (C=O) groups excluding carboxylic acids is 1. The maximum atomic E-state index is 10.8. The molecule has 0 radical (unpaired) electrons. The minimum absolute atomic E-state index is 0.0226. The van der Waals surface area contributed by atoms with Gasteiger partial charge in [-0.2, -0.15) is 0 Å². The molecule has 0 rings (SSSR count). The zero-order chi connectivity index (χ0) is 12.2. The quantitative estimate of drug-likeness (QED) is 0.318. The van der Waals surface area contributed by atoms with E-state index in [1.54, 1.807) is 0 Å². The molecule has 2 nitrogen and oxygen atoms in total. The molecule has 1 unspecified atom stereocenters. The van der Waals surface area contributed by atoms with Gasteiger partial charge >= 0.3 is 5.97 Å². The first-order chi connectivity index (χ1) is 7.70. The van der Waals surface area contributed by atoms with Crippen molar-refractivity contribution in [2.75, 3.05) is 0 Å². The molecule has 92 valence electrons. The number of unbranched alkanes of at least 4 members (excludes halogenated alkanes) is 4. The summed E-state index contributed by atoms with van der Waals surface area (Å²) in [7, 11) is 0. The SMILES string of the molecule is C=CCCCCCCC(CC=C)OC(C)=O. The van der Waals surface area contributed by atoms with E-state index in [1.807, 2.05) is 12.2 Å². The van der Waals surface area contributed by atoms with Crippen LogP contribution in [0.1, 0.15) is 51.9 Å². The summed E-state index contributed by atoms with van der Waals surface area (Å²) < 4.78 is 5.19. The molecule has 16 heavy (non-hydrogen) atoms. The van der Waals surface area contributed by atoms with E-state index in [-0.39, 0.29) is 12.1 Å². The summed E-state index contributed by atoms with van der Waals surface area (Å²) in [6.45, 7) is 8.83. The summed E-state index contributed by atoms with van der Waals surface area (Å²) in [5.41, 5.74) is 0. The predicted molar refractivity (Wildman–Crippen MR) is 68.3 cm³/mol. The highest BCUT2D eigenvalue weighted by Gasteiger charge is 2.09. The smallest absolute Gasteiger partial charge is 0.302 e. The number of hydrogen-bond acceptors (Lipinski definition) is 2. The highest BCUT2D eigenvalue weighted by Crippen LogP contribution is 2.12. The highest BCUT2D eigenvalue weighted by molar-refractivity contribution is 5.66. The van der Waals surface area contributed by atoms with Gasteiger partial charge in [0.25, 0.3) is 0 Å². The number of hydrogen-bond donors (Lipinski definition) is 0. The average Bonchev–Trinajstić information content (AvgIpc) is 2.22. The predicted octanol–water partition coefficient (Wildman–Crippen LogP) is 4.02. The van der Waals surface area contributed by atoms with Crippen molar-refractivity contribution in [2.24, 2.45) is 0 Å². The molecule has 0 bridgehead atoms. The molecule has 0 heterocycles. The Balaban J connectivity index is 3.54. The van der Waals surface area contributed by atoms with Crippen molar-refractivity contribution < 1.29 is 9.53 Å². The Labute approximate surface area is 99.4 Å². The first kappa shape index (κ1) is 14.9. The van der Waals surface area contributed by atoms with Gasteiger partial charge in [0.2, 0.25) is 0 Å². The minimum atomic E-state index is -0.196. The van der Waals surface area contributed by atoms with Crippen molar-refractivity contribution in [3.8, 4) is 0 Å². The maximum Gasteiger partial charge on any atom is 0.302 e. The van der Waals surface area contributed by atoms with Gasteiger partial charge in [-0.15, -0.1) is 13.2 Å². The van der Waals surface area contributed by atoms with Crippen LogP contribution in [-0.4, -0.2) is 12.1 Å². The third kappa shape index (κ3) is 9.50. The Bertz CT molecular complexity index is 209. The summed E-state index contributed by atoms with van der Waals surface area (Å²) in [4.78, 5) is 10.8. The summed E-state index contributed by atoms with van der Waals surface area (Å²) >= 11 is 0. The fourth-order valence-corrected chi connectivity index (χ4v) is 1.66. The monoisotopic (exact) mass is 224 g/mol. The van der Waals surface area contributed by atoms with Crippen molar-refractivity contribution in [3.05, 3.63) is 25.3 Å². The van der Waals surface area contributed by atoms with Crippen LogP contribution in [0.3, 0.4) is 0 Å². The lowest BCUT2D eigenvalue weighted by Crippen LogP contribution is -2.15. The molecule has 0 aliphatic carbocycles. The third-order valence-corrected chi connectivity index (χ3v) is 2.45. The van der Waals surface area contributed by atoms with E-state index in [4.69, 9.17) is 4.74 Å². The summed E-state index contributed by atoms with van der Waals surface area (Å²) in [5, 5.41) is 0. The summed E-state index contributed by atoms with van der Waals surface area (Å²) in [6.07, 6.45) is 11.3. The molecule has 0 saturated carbocycles. The van der Waals surface area contributed by atoms with Crippen molar-refractivity contribution in [1.82, 2.24) is 0 Å². The van der Waals surface area contributed by atoms with Crippen LogP contribution in [0, 0.1) is 0 Å². The van der Waals surface area contributed by atoms with Gasteiger partial charge < -0.3 is 4.74 Å².